The van der Waals surface area contributed by atoms with Gasteiger partial charge < -0.3 is 10.6 Å². The predicted molar refractivity (Wildman–Crippen MR) is 122 cm³/mol. The molecule has 0 saturated carbocycles. The number of thioether (sulfide) groups is 2. The number of carbonyl (C=O) groups excluding carboxylic acids is 1. The van der Waals surface area contributed by atoms with Crippen molar-refractivity contribution in [1.82, 2.24) is 15.5 Å². The van der Waals surface area contributed by atoms with E-state index >= 15 is 0 Å². The number of fused-ring (bicyclic) bond motifs is 1. The van der Waals surface area contributed by atoms with Crippen molar-refractivity contribution in [2.45, 2.75) is 40.3 Å². The Labute approximate surface area is 191 Å². The van der Waals surface area contributed by atoms with E-state index in [1.165, 1.54) is 34.2 Å². The van der Waals surface area contributed by atoms with Gasteiger partial charge in [0.1, 0.15) is 0 Å². The monoisotopic (exact) mass is 478 g/mol. The van der Waals surface area contributed by atoms with Crippen LogP contribution in [0.15, 0.2) is 57.8 Å². The number of hydrogen-bond acceptors (Lipinski definition) is 7. The van der Waals surface area contributed by atoms with Crippen molar-refractivity contribution >= 4 is 51.6 Å². The van der Waals surface area contributed by atoms with Crippen LogP contribution in [0, 0.1) is 0 Å². The smallest absolute Gasteiger partial charge is 0.288 e. The number of aryl methyl sites for hydroxylation is 1. The quantitative estimate of drug-likeness (QED) is 0.394. The van der Waals surface area contributed by atoms with Gasteiger partial charge in [-0.1, -0.05) is 59.1 Å². The number of halogens is 2. The van der Waals surface area contributed by atoms with Crippen LogP contribution in [-0.4, -0.2) is 27.6 Å². The summed E-state index contributed by atoms with van der Waals surface area (Å²) >= 11 is 3.20. The number of anilines is 2. The van der Waals surface area contributed by atoms with Crippen molar-refractivity contribution < 1.29 is 13.6 Å². The summed E-state index contributed by atoms with van der Waals surface area (Å²) < 4.78 is 25.5. The van der Waals surface area contributed by atoms with E-state index in [2.05, 4.69) is 33.0 Å². The highest BCUT2D eigenvalue weighted by atomic mass is 32.2. The third-order valence-electron chi connectivity index (χ3n) is 4.77. The number of rotatable bonds is 8. The van der Waals surface area contributed by atoms with Gasteiger partial charge >= 0.3 is 0 Å². The highest BCUT2D eigenvalue weighted by Crippen LogP contribution is 2.31. The van der Waals surface area contributed by atoms with E-state index in [0.29, 0.717) is 26.1 Å². The molecule has 5 nitrogen and oxygen atoms in total. The second-order valence-corrected chi connectivity index (χ2v) is 10.2. The maximum atomic E-state index is 12.5. The molecule has 0 fully saturated rings. The van der Waals surface area contributed by atoms with Crippen LogP contribution in [0.4, 0.5) is 19.6 Å². The van der Waals surface area contributed by atoms with Crippen molar-refractivity contribution in [3.63, 3.8) is 0 Å². The Morgan fingerprint density at radius 1 is 1.16 bits per heavy atom. The van der Waals surface area contributed by atoms with E-state index in [1.807, 2.05) is 12.1 Å². The summed E-state index contributed by atoms with van der Waals surface area (Å²) in [6.07, 6.45) is 3.09. The molecule has 0 unspecified atom stereocenters. The van der Waals surface area contributed by atoms with Crippen LogP contribution in [0.5, 0.6) is 0 Å². The van der Waals surface area contributed by atoms with Crippen molar-refractivity contribution in [2.75, 3.05) is 11.1 Å². The molecule has 2 N–H and O–H groups in total. The molecule has 1 aliphatic rings. The summed E-state index contributed by atoms with van der Waals surface area (Å²) in [5.74, 6) is -2.19. The first-order valence-corrected chi connectivity index (χ1v) is 12.4. The maximum Gasteiger partial charge on any atom is 0.288 e. The highest BCUT2D eigenvalue weighted by molar-refractivity contribution is 8.01. The van der Waals surface area contributed by atoms with Crippen LogP contribution in [0.1, 0.15) is 30.0 Å². The third kappa shape index (κ3) is 6.18. The van der Waals surface area contributed by atoms with Crippen molar-refractivity contribution in [3.8, 4) is 0 Å². The lowest BCUT2D eigenvalue weighted by atomic mass is 9.88. The second-order valence-electron chi connectivity index (χ2n) is 6.90. The molecule has 162 valence electrons. The summed E-state index contributed by atoms with van der Waals surface area (Å²) in [5, 5.41) is 15.0. The lowest BCUT2D eigenvalue weighted by Crippen LogP contribution is -2.32. The van der Waals surface area contributed by atoms with Crippen LogP contribution in [0.2, 0.25) is 0 Å². The van der Waals surface area contributed by atoms with Gasteiger partial charge in [0.15, 0.2) is 4.34 Å². The highest BCUT2D eigenvalue weighted by Gasteiger charge is 2.21. The Balaban J connectivity index is 1.27. The van der Waals surface area contributed by atoms with Gasteiger partial charge in [0.2, 0.25) is 11.0 Å². The largest absolute Gasteiger partial charge is 0.349 e. The van der Waals surface area contributed by atoms with E-state index in [-0.39, 0.29) is 17.7 Å². The molecule has 0 radical (unpaired) electrons. The number of aromatic nitrogens is 2. The van der Waals surface area contributed by atoms with E-state index < -0.39 is 5.76 Å². The second kappa shape index (κ2) is 10.4. The Hall–Kier alpha value is -2.17. The Morgan fingerprint density at radius 3 is 2.77 bits per heavy atom. The summed E-state index contributed by atoms with van der Waals surface area (Å²) in [6.45, 7) is 0. The van der Waals surface area contributed by atoms with Gasteiger partial charge in [0.05, 0.1) is 11.8 Å². The van der Waals surface area contributed by atoms with Crippen LogP contribution >= 0.6 is 34.9 Å². The lowest BCUT2D eigenvalue weighted by Gasteiger charge is -2.26. The summed E-state index contributed by atoms with van der Waals surface area (Å²) in [4.78, 5) is 13.0. The van der Waals surface area contributed by atoms with Crippen molar-refractivity contribution in [2.24, 2.45) is 0 Å². The number of benzene rings is 2. The Kier molecular flexibility index (Phi) is 7.41. The fourth-order valence-corrected chi connectivity index (χ4v) is 5.51. The number of nitrogens with zero attached hydrogens (tertiary/aromatic N) is 2. The fraction of sp³-hybridized carbons (Fsp3) is 0.286. The average molecular weight is 479 g/mol. The normalized spacial score (nSPS) is 15.5. The minimum absolute atomic E-state index is 0.0245. The molecule has 1 aromatic heterocycles. The molecule has 10 heteroatoms. The van der Waals surface area contributed by atoms with Gasteiger partial charge in [-0.05, 0) is 54.7 Å². The number of carbonyl (C=O) groups is 1. The van der Waals surface area contributed by atoms with Gasteiger partial charge in [-0.3, -0.25) is 4.79 Å². The van der Waals surface area contributed by atoms with E-state index in [1.54, 1.807) is 24.3 Å². The number of nitrogens with one attached hydrogen (secondary N) is 2. The summed E-state index contributed by atoms with van der Waals surface area (Å²) in [7, 11) is 0. The first kappa shape index (κ1) is 22.0. The first-order valence-electron chi connectivity index (χ1n) is 9.72. The molecule has 0 bridgehead atoms. The molecule has 3 aromatic rings. The molecule has 2 aromatic carbocycles. The van der Waals surface area contributed by atoms with E-state index in [0.717, 1.165) is 24.9 Å². The summed E-state index contributed by atoms with van der Waals surface area (Å²) in [5.41, 5.74) is 3.26. The standard InChI is InChI=1S/C21H20F2N4OS3/c22-19(23)30-15-10-8-14(9-11-15)24-20-26-27-21(31-20)29-12-18(28)25-17-7-3-5-13-4-1-2-6-16(13)17/h1-2,4,6,8-11,17,19H,3,5,7,12H2,(H,24,26)(H,25,28)/t17-/m1/s1. The van der Waals surface area contributed by atoms with Gasteiger partial charge in [-0.2, -0.15) is 8.78 Å². The zero-order chi connectivity index (χ0) is 21.6. The van der Waals surface area contributed by atoms with Crippen molar-refractivity contribution in [3.05, 3.63) is 59.7 Å². The minimum atomic E-state index is -2.44. The molecular weight excluding hydrogens is 458 g/mol. The molecule has 31 heavy (non-hydrogen) atoms. The molecule has 1 aliphatic carbocycles. The predicted octanol–water partition coefficient (Wildman–Crippen LogP) is 5.88. The molecule has 4 rings (SSSR count). The van der Waals surface area contributed by atoms with E-state index in [4.69, 9.17) is 0 Å². The van der Waals surface area contributed by atoms with Gasteiger partial charge in [-0.15, -0.1) is 10.2 Å². The van der Waals surface area contributed by atoms with Crippen LogP contribution in [0.3, 0.4) is 0 Å². The van der Waals surface area contributed by atoms with Gasteiger partial charge in [0.25, 0.3) is 5.76 Å². The molecule has 0 aliphatic heterocycles. The first-order chi connectivity index (χ1) is 15.1. The van der Waals surface area contributed by atoms with Crippen LogP contribution in [-0.2, 0) is 11.2 Å². The molecule has 1 amide bonds. The maximum absolute atomic E-state index is 12.5. The zero-order valence-corrected chi connectivity index (χ0v) is 18.8. The van der Waals surface area contributed by atoms with E-state index in [9.17, 15) is 13.6 Å². The summed E-state index contributed by atoms with van der Waals surface area (Å²) in [6, 6.07) is 15.0. The molecule has 0 spiro atoms. The van der Waals surface area contributed by atoms with Crippen molar-refractivity contribution in [1.29, 1.82) is 0 Å². The third-order valence-corrected chi connectivity index (χ3v) is 7.46. The molecular formula is C21H20F2N4OS3. The van der Waals surface area contributed by atoms with Crippen LogP contribution < -0.4 is 10.6 Å². The fourth-order valence-electron chi connectivity index (χ4n) is 3.43. The van der Waals surface area contributed by atoms with Crippen LogP contribution in [0.25, 0.3) is 0 Å². The van der Waals surface area contributed by atoms with Gasteiger partial charge in [0, 0.05) is 10.6 Å². The van der Waals surface area contributed by atoms with Gasteiger partial charge in [-0.25, -0.2) is 0 Å². The molecule has 1 heterocycles. The number of alkyl halides is 2. The zero-order valence-electron chi connectivity index (χ0n) is 16.4. The lowest BCUT2D eigenvalue weighted by molar-refractivity contribution is -0.119. The number of amides is 1. The number of hydrogen-bond donors (Lipinski definition) is 2. The average Bonchev–Trinajstić information content (AvgIpc) is 3.21. The molecule has 1 atom stereocenters. The Morgan fingerprint density at radius 2 is 1.97 bits per heavy atom. The molecule has 0 saturated heterocycles. The SMILES string of the molecule is O=C(CSc1nnc(Nc2ccc(SC(F)F)cc2)s1)N[C@@H]1CCCc2ccccc21. The topological polar surface area (TPSA) is 66.9 Å². The Bertz CT molecular complexity index is 1030. The minimum Gasteiger partial charge on any atom is -0.349 e.